The van der Waals surface area contributed by atoms with Gasteiger partial charge in [-0.05, 0) is 24.1 Å². The Morgan fingerprint density at radius 2 is 1.50 bits per heavy atom. The fraction of sp³-hybridized carbons (Fsp3) is 0.310. The van der Waals surface area contributed by atoms with E-state index in [0.717, 1.165) is 67.0 Å². The van der Waals surface area contributed by atoms with Crippen LogP contribution in [0.15, 0.2) is 83.3 Å². The monoisotopic (exact) mass is 456 g/mol. The molecule has 0 saturated carbocycles. The number of para-hydroxylation sites is 2. The lowest BCUT2D eigenvalue weighted by atomic mass is 10.0. The van der Waals surface area contributed by atoms with Gasteiger partial charge >= 0.3 is 0 Å². The largest absolute Gasteiger partial charge is 0.495 e. The molecule has 1 aromatic heterocycles. The Kier molecular flexibility index (Phi) is 6.84. The van der Waals surface area contributed by atoms with Crippen molar-refractivity contribution in [2.75, 3.05) is 44.7 Å². The minimum Gasteiger partial charge on any atom is -0.495 e. The number of aryl methyl sites for hydroxylation is 2. The second-order valence-electron chi connectivity index (χ2n) is 8.90. The summed E-state index contributed by atoms with van der Waals surface area (Å²) >= 11 is 0. The average Bonchev–Trinajstić information content (AvgIpc) is 3.27. The predicted molar refractivity (Wildman–Crippen MR) is 137 cm³/mol. The van der Waals surface area contributed by atoms with Gasteiger partial charge in [-0.2, -0.15) is 0 Å². The Bertz CT molecular complexity index is 1210. The Hall–Kier alpha value is -3.28. The number of fused-ring (bicyclic) bond motifs is 1. The summed E-state index contributed by atoms with van der Waals surface area (Å²) in [5.74, 6) is 2.54. The smallest absolute Gasteiger partial charge is 0.142 e. The van der Waals surface area contributed by atoms with Crippen LogP contribution in [0.1, 0.15) is 23.2 Å². The number of hydrogen-bond donors (Lipinski definition) is 1. The number of furan rings is 1. The van der Waals surface area contributed by atoms with Gasteiger partial charge in [-0.25, -0.2) is 0 Å². The summed E-state index contributed by atoms with van der Waals surface area (Å²) in [6, 6.07) is 26.8. The second kappa shape index (κ2) is 10.3. The normalized spacial score (nSPS) is 15.5. The Morgan fingerprint density at radius 1 is 0.824 bits per heavy atom. The molecule has 1 aliphatic rings. The predicted octanol–water partition coefficient (Wildman–Crippen LogP) is 5.08. The number of benzene rings is 3. The fourth-order valence-electron chi connectivity index (χ4n) is 4.91. The van der Waals surface area contributed by atoms with E-state index in [9.17, 15) is 5.11 Å². The molecule has 0 aliphatic carbocycles. The molecule has 5 heteroatoms. The van der Waals surface area contributed by atoms with E-state index in [0.29, 0.717) is 12.3 Å². The fourth-order valence-corrected chi connectivity index (χ4v) is 4.91. The summed E-state index contributed by atoms with van der Waals surface area (Å²) in [6.45, 7) is 4.13. The molecule has 0 amide bonds. The number of nitrogens with zero attached hydrogens (tertiary/aromatic N) is 2. The maximum absolute atomic E-state index is 11.2. The molecule has 34 heavy (non-hydrogen) atoms. The lowest BCUT2D eigenvalue weighted by Crippen LogP contribution is -2.47. The number of rotatable bonds is 8. The highest BCUT2D eigenvalue weighted by atomic mass is 16.5. The Labute approximate surface area is 201 Å². The molecule has 2 heterocycles. The van der Waals surface area contributed by atoms with E-state index >= 15 is 0 Å². The molecule has 1 saturated heterocycles. The van der Waals surface area contributed by atoms with Crippen molar-refractivity contribution in [3.8, 4) is 5.75 Å². The van der Waals surface area contributed by atoms with Gasteiger partial charge in [0.15, 0.2) is 0 Å². The van der Waals surface area contributed by atoms with Crippen LogP contribution in [-0.2, 0) is 12.8 Å². The van der Waals surface area contributed by atoms with Crippen molar-refractivity contribution in [2.24, 2.45) is 0 Å². The van der Waals surface area contributed by atoms with Crippen molar-refractivity contribution in [3.63, 3.8) is 0 Å². The van der Waals surface area contributed by atoms with Gasteiger partial charge in [0.2, 0.25) is 0 Å². The van der Waals surface area contributed by atoms with E-state index in [-0.39, 0.29) is 0 Å². The van der Waals surface area contributed by atoms with Gasteiger partial charge in [-0.3, -0.25) is 4.90 Å². The average molecular weight is 457 g/mol. The summed E-state index contributed by atoms with van der Waals surface area (Å²) in [6.07, 6.45) is 1.07. The van der Waals surface area contributed by atoms with Crippen LogP contribution in [-0.4, -0.2) is 49.8 Å². The Morgan fingerprint density at radius 3 is 2.26 bits per heavy atom. The molecule has 1 aliphatic heterocycles. The maximum atomic E-state index is 11.2. The van der Waals surface area contributed by atoms with Gasteiger partial charge in [-0.1, -0.05) is 66.7 Å². The highest BCUT2D eigenvalue weighted by Gasteiger charge is 2.25. The van der Waals surface area contributed by atoms with Crippen LogP contribution >= 0.6 is 0 Å². The van der Waals surface area contributed by atoms with Crippen LogP contribution in [0.3, 0.4) is 0 Å². The zero-order valence-corrected chi connectivity index (χ0v) is 19.7. The zero-order chi connectivity index (χ0) is 23.3. The first-order valence-corrected chi connectivity index (χ1v) is 12.1. The minimum absolute atomic E-state index is 0.565. The molecule has 5 rings (SSSR count). The number of piperazine rings is 1. The molecule has 0 bridgehead atoms. The van der Waals surface area contributed by atoms with E-state index in [1.807, 2.05) is 36.4 Å². The van der Waals surface area contributed by atoms with Crippen LogP contribution in [0.4, 0.5) is 5.69 Å². The van der Waals surface area contributed by atoms with Crippen molar-refractivity contribution in [1.29, 1.82) is 0 Å². The summed E-state index contributed by atoms with van der Waals surface area (Å²) < 4.78 is 11.8. The number of anilines is 1. The highest BCUT2D eigenvalue weighted by Crippen LogP contribution is 2.32. The number of β-amino-alcohol motifs (C(OH)–C–C–N with tert-alkyl or cyclic N) is 1. The first kappa shape index (κ1) is 22.5. The molecule has 5 nitrogen and oxygen atoms in total. The topological polar surface area (TPSA) is 49.1 Å². The van der Waals surface area contributed by atoms with Crippen LogP contribution in [0.2, 0.25) is 0 Å². The van der Waals surface area contributed by atoms with Gasteiger partial charge < -0.3 is 19.2 Å². The third-order valence-electron chi connectivity index (χ3n) is 6.74. The van der Waals surface area contributed by atoms with Crippen LogP contribution in [0.5, 0.6) is 5.75 Å². The summed E-state index contributed by atoms with van der Waals surface area (Å²) in [4.78, 5) is 4.67. The van der Waals surface area contributed by atoms with Crippen molar-refractivity contribution >= 4 is 16.5 Å². The first-order chi connectivity index (χ1) is 16.7. The molecule has 4 aromatic rings. The van der Waals surface area contributed by atoms with Crippen molar-refractivity contribution < 1.29 is 14.3 Å². The molecule has 176 valence electrons. The lowest BCUT2D eigenvalue weighted by Gasteiger charge is -2.37. The van der Waals surface area contributed by atoms with Crippen molar-refractivity contribution in [1.82, 2.24) is 4.90 Å². The van der Waals surface area contributed by atoms with Gasteiger partial charge in [0, 0.05) is 49.9 Å². The molecule has 1 atom stereocenters. The van der Waals surface area contributed by atoms with Crippen molar-refractivity contribution in [2.45, 2.75) is 18.9 Å². The van der Waals surface area contributed by atoms with Crippen LogP contribution < -0.4 is 9.64 Å². The van der Waals surface area contributed by atoms with Crippen LogP contribution in [0.25, 0.3) is 10.8 Å². The third-order valence-corrected chi connectivity index (χ3v) is 6.74. The van der Waals surface area contributed by atoms with E-state index in [1.54, 1.807) is 7.11 Å². The molecule has 3 aromatic carbocycles. The molecule has 1 fully saturated rings. The maximum Gasteiger partial charge on any atom is 0.142 e. The molecule has 0 radical (unpaired) electrons. The first-order valence-electron chi connectivity index (χ1n) is 12.1. The minimum atomic E-state index is -0.659. The van der Waals surface area contributed by atoms with Gasteiger partial charge in [0.25, 0.3) is 0 Å². The lowest BCUT2D eigenvalue weighted by molar-refractivity contribution is 0.0918. The quantitative estimate of drug-likeness (QED) is 0.401. The SMILES string of the molecule is COc1ccccc1N1CCN(CC(O)c2oc(CCc3ccccc3)c3ccccc23)CC1. The summed E-state index contributed by atoms with van der Waals surface area (Å²) in [5, 5.41) is 13.3. The standard InChI is InChI=1S/C29H32N2O3/c1-33-28-14-8-7-13-25(28)31-19-17-30(18-20-31)21-26(32)29-24-12-6-5-11-23(24)27(34-29)16-15-22-9-3-2-4-10-22/h2-14,26,32H,15-21H2,1H3. The van der Waals surface area contributed by atoms with Gasteiger partial charge in [0.1, 0.15) is 23.4 Å². The number of methoxy groups -OCH3 is 1. The van der Waals surface area contributed by atoms with E-state index in [1.165, 1.54) is 5.56 Å². The zero-order valence-electron chi connectivity index (χ0n) is 19.7. The second-order valence-corrected chi connectivity index (χ2v) is 8.90. The number of ether oxygens (including phenoxy) is 1. The molecule has 0 spiro atoms. The number of aliphatic hydroxyl groups is 1. The van der Waals surface area contributed by atoms with Gasteiger partial charge in [0.05, 0.1) is 12.8 Å². The number of hydrogen-bond acceptors (Lipinski definition) is 5. The molecule has 1 N–H and O–H groups in total. The van der Waals surface area contributed by atoms with Crippen molar-refractivity contribution in [3.05, 3.63) is 95.9 Å². The molecule has 1 unspecified atom stereocenters. The number of aliphatic hydroxyl groups excluding tert-OH is 1. The summed E-state index contributed by atoms with van der Waals surface area (Å²) in [7, 11) is 1.72. The van der Waals surface area contributed by atoms with E-state index in [2.05, 4.69) is 52.3 Å². The highest BCUT2D eigenvalue weighted by molar-refractivity contribution is 5.87. The molecular formula is C29H32N2O3. The van der Waals surface area contributed by atoms with E-state index < -0.39 is 6.10 Å². The van der Waals surface area contributed by atoms with Crippen LogP contribution in [0, 0.1) is 0 Å². The Balaban J connectivity index is 1.25. The third kappa shape index (κ3) is 4.81. The van der Waals surface area contributed by atoms with Gasteiger partial charge in [-0.15, -0.1) is 0 Å². The summed E-state index contributed by atoms with van der Waals surface area (Å²) in [5.41, 5.74) is 2.42. The molecular weight excluding hydrogens is 424 g/mol. The van der Waals surface area contributed by atoms with E-state index in [4.69, 9.17) is 9.15 Å².